The average Bonchev–Trinajstić information content (AvgIpc) is 3.18. The minimum atomic E-state index is 0.418. The molecule has 3 heterocycles. The second kappa shape index (κ2) is 6.56. The monoisotopic (exact) mass is 338 g/mol. The summed E-state index contributed by atoms with van der Waals surface area (Å²) in [5, 5.41) is 15.3. The molecule has 0 bridgehead atoms. The van der Waals surface area contributed by atoms with Crippen molar-refractivity contribution in [1.82, 2.24) is 30.0 Å². The molecule has 8 nitrogen and oxygen atoms in total. The molecule has 4 rings (SSSR count). The first kappa shape index (κ1) is 15.6. The molecule has 0 aliphatic heterocycles. The zero-order valence-corrected chi connectivity index (χ0v) is 14.2. The number of rotatable bonds is 7. The standard InChI is InChI=1S/C17H22N8/c1-3-5-18-11-7-12(8-11)21-16-14-4-6-19-15(14)23-17(24-16)22-13-9-20-25(2)10-13/h3-4,6,9-12,18H,1,5,7-8H2,2H3,(H3,19,21,22,23,24). The highest BCUT2D eigenvalue weighted by Crippen LogP contribution is 2.28. The van der Waals surface area contributed by atoms with Crippen LogP contribution < -0.4 is 16.0 Å². The van der Waals surface area contributed by atoms with Crippen LogP contribution in [0.3, 0.4) is 0 Å². The van der Waals surface area contributed by atoms with Crippen molar-refractivity contribution in [1.29, 1.82) is 0 Å². The van der Waals surface area contributed by atoms with Gasteiger partial charge < -0.3 is 20.9 Å². The van der Waals surface area contributed by atoms with Crippen LogP contribution in [-0.4, -0.2) is 43.4 Å². The second-order valence-electron chi connectivity index (χ2n) is 6.37. The van der Waals surface area contributed by atoms with E-state index in [1.54, 1.807) is 10.9 Å². The lowest BCUT2D eigenvalue weighted by molar-refractivity contribution is 0.318. The van der Waals surface area contributed by atoms with E-state index in [0.717, 1.165) is 41.9 Å². The largest absolute Gasteiger partial charge is 0.366 e. The average molecular weight is 338 g/mol. The molecular formula is C17H22N8. The fraction of sp³-hybridized carbons (Fsp3) is 0.353. The SMILES string of the molecule is C=CCNC1CC(Nc2nc(Nc3cnn(C)c3)nc3[nH]ccc23)C1. The zero-order chi connectivity index (χ0) is 17.2. The van der Waals surface area contributed by atoms with Crippen molar-refractivity contribution in [2.24, 2.45) is 7.05 Å². The van der Waals surface area contributed by atoms with Gasteiger partial charge in [0.05, 0.1) is 17.3 Å². The molecule has 0 atom stereocenters. The maximum atomic E-state index is 4.66. The number of aryl methyl sites for hydroxylation is 1. The molecular weight excluding hydrogens is 316 g/mol. The Morgan fingerprint density at radius 3 is 3.00 bits per heavy atom. The molecule has 0 aromatic carbocycles. The molecule has 1 saturated carbocycles. The number of hydrogen-bond acceptors (Lipinski definition) is 6. The van der Waals surface area contributed by atoms with Gasteiger partial charge in [0, 0.05) is 38.1 Å². The minimum Gasteiger partial charge on any atom is -0.366 e. The number of aromatic amines is 1. The van der Waals surface area contributed by atoms with Crippen LogP contribution in [0.1, 0.15) is 12.8 Å². The fourth-order valence-electron chi connectivity index (χ4n) is 3.07. The Morgan fingerprint density at radius 1 is 1.36 bits per heavy atom. The second-order valence-corrected chi connectivity index (χ2v) is 6.37. The molecule has 3 aromatic rings. The molecule has 0 radical (unpaired) electrons. The molecule has 8 heteroatoms. The van der Waals surface area contributed by atoms with E-state index in [4.69, 9.17) is 0 Å². The van der Waals surface area contributed by atoms with Gasteiger partial charge in [-0.05, 0) is 18.9 Å². The lowest BCUT2D eigenvalue weighted by Gasteiger charge is -2.36. The number of H-pyrrole nitrogens is 1. The highest BCUT2D eigenvalue weighted by Gasteiger charge is 2.29. The summed E-state index contributed by atoms with van der Waals surface area (Å²) in [7, 11) is 1.88. The van der Waals surface area contributed by atoms with Crippen LogP contribution in [0.2, 0.25) is 0 Å². The first-order valence-electron chi connectivity index (χ1n) is 8.43. The quantitative estimate of drug-likeness (QED) is 0.493. The molecule has 0 spiro atoms. The molecule has 1 aliphatic carbocycles. The van der Waals surface area contributed by atoms with Crippen molar-refractivity contribution in [2.45, 2.75) is 24.9 Å². The van der Waals surface area contributed by atoms with Crippen molar-refractivity contribution in [2.75, 3.05) is 17.2 Å². The van der Waals surface area contributed by atoms with E-state index in [9.17, 15) is 0 Å². The number of aromatic nitrogens is 5. The maximum Gasteiger partial charge on any atom is 0.231 e. The van der Waals surface area contributed by atoms with Crippen LogP contribution in [0.5, 0.6) is 0 Å². The molecule has 1 fully saturated rings. The lowest BCUT2D eigenvalue weighted by Crippen LogP contribution is -2.47. The van der Waals surface area contributed by atoms with E-state index in [1.165, 1.54) is 0 Å². The highest BCUT2D eigenvalue weighted by molar-refractivity contribution is 5.88. The molecule has 3 aromatic heterocycles. The Bertz CT molecular complexity index is 874. The Labute approximate surface area is 145 Å². The van der Waals surface area contributed by atoms with Gasteiger partial charge in [0.1, 0.15) is 11.5 Å². The Morgan fingerprint density at radius 2 is 2.24 bits per heavy atom. The molecule has 0 unspecified atom stereocenters. The number of hydrogen-bond donors (Lipinski definition) is 4. The molecule has 0 saturated heterocycles. The topological polar surface area (TPSA) is 95.5 Å². The fourth-order valence-corrected chi connectivity index (χ4v) is 3.07. The number of fused-ring (bicyclic) bond motifs is 1. The van der Waals surface area contributed by atoms with Crippen LogP contribution >= 0.6 is 0 Å². The molecule has 1 aliphatic rings. The first-order chi connectivity index (χ1) is 12.2. The van der Waals surface area contributed by atoms with E-state index < -0.39 is 0 Å². The number of nitrogens with one attached hydrogen (secondary N) is 4. The molecule has 25 heavy (non-hydrogen) atoms. The van der Waals surface area contributed by atoms with Gasteiger partial charge >= 0.3 is 0 Å². The van der Waals surface area contributed by atoms with Gasteiger partial charge in [-0.3, -0.25) is 4.68 Å². The number of nitrogens with zero attached hydrogens (tertiary/aromatic N) is 4. The smallest absolute Gasteiger partial charge is 0.231 e. The molecule has 0 amide bonds. The third kappa shape index (κ3) is 3.34. The maximum absolute atomic E-state index is 4.66. The van der Waals surface area contributed by atoms with Gasteiger partial charge in [0.2, 0.25) is 5.95 Å². The normalized spacial score (nSPS) is 19.6. The van der Waals surface area contributed by atoms with E-state index >= 15 is 0 Å². The van der Waals surface area contributed by atoms with Crippen molar-refractivity contribution in [3.05, 3.63) is 37.3 Å². The predicted molar refractivity (Wildman–Crippen MR) is 99.0 cm³/mol. The summed E-state index contributed by atoms with van der Waals surface area (Å²) in [6, 6.07) is 2.96. The van der Waals surface area contributed by atoms with E-state index in [2.05, 4.69) is 42.6 Å². The Hall–Kier alpha value is -2.87. The van der Waals surface area contributed by atoms with Crippen LogP contribution in [-0.2, 0) is 7.05 Å². The van der Waals surface area contributed by atoms with E-state index in [0.29, 0.717) is 18.0 Å². The van der Waals surface area contributed by atoms with Crippen molar-refractivity contribution in [3.8, 4) is 0 Å². The first-order valence-corrected chi connectivity index (χ1v) is 8.43. The van der Waals surface area contributed by atoms with Crippen molar-refractivity contribution >= 4 is 28.5 Å². The van der Waals surface area contributed by atoms with Crippen molar-refractivity contribution < 1.29 is 0 Å². The van der Waals surface area contributed by atoms with Crippen molar-refractivity contribution in [3.63, 3.8) is 0 Å². The Balaban J connectivity index is 1.50. The lowest BCUT2D eigenvalue weighted by atomic mass is 9.86. The van der Waals surface area contributed by atoms with Gasteiger partial charge in [0.15, 0.2) is 0 Å². The minimum absolute atomic E-state index is 0.418. The number of anilines is 3. The summed E-state index contributed by atoms with van der Waals surface area (Å²) in [5.41, 5.74) is 1.67. The van der Waals surface area contributed by atoms with Gasteiger partial charge in [-0.1, -0.05) is 6.08 Å². The van der Waals surface area contributed by atoms with Crippen LogP contribution in [0.4, 0.5) is 17.5 Å². The van der Waals surface area contributed by atoms with E-state index in [1.807, 2.05) is 31.6 Å². The highest BCUT2D eigenvalue weighted by atomic mass is 15.3. The third-order valence-corrected chi connectivity index (χ3v) is 4.41. The van der Waals surface area contributed by atoms with Gasteiger partial charge in [0.25, 0.3) is 0 Å². The summed E-state index contributed by atoms with van der Waals surface area (Å²) in [5.74, 6) is 1.40. The van der Waals surface area contributed by atoms with E-state index in [-0.39, 0.29) is 0 Å². The predicted octanol–water partition coefficient (Wildman–Crippen LogP) is 2.15. The Kier molecular flexibility index (Phi) is 4.10. The summed E-state index contributed by atoms with van der Waals surface area (Å²) in [6.45, 7) is 4.59. The molecule has 4 N–H and O–H groups in total. The van der Waals surface area contributed by atoms with Gasteiger partial charge in [-0.2, -0.15) is 15.1 Å². The van der Waals surface area contributed by atoms with Crippen LogP contribution in [0.25, 0.3) is 11.0 Å². The zero-order valence-electron chi connectivity index (χ0n) is 14.2. The molecule has 130 valence electrons. The summed E-state index contributed by atoms with van der Waals surface area (Å²) in [6.07, 6.45) is 9.57. The van der Waals surface area contributed by atoms with Crippen LogP contribution in [0.15, 0.2) is 37.3 Å². The van der Waals surface area contributed by atoms with Gasteiger partial charge in [-0.25, -0.2) is 0 Å². The summed E-state index contributed by atoms with van der Waals surface area (Å²) >= 11 is 0. The van der Waals surface area contributed by atoms with Crippen LogP contribution in [0, 0.1) is 0 Å². The summed E-state index contributed by atoms with van der Waals surface area (Å²) < 4.78 is 1.74. The summed E-state index contributed by atoms with van der Waals surface area (Å²) in [4.78, 5) is 12.4. The van der Waals surface area contributed by atoms with Gasteiger partial charge in [-0.15, -0.1) is 6.58 Å². The third-order valence-electron chi connectivity index (χ3n) is 4.41.